The number of anilines is 1. The third-order valence-electron chi connectivity index (χ3n) is 6.34. The number of hydrogen-bond donors (Lipinski definition) is 3. The summed E-state index contributed by atoms with van der Waals surface area (Å²) in [6, 6.07) is 7.77. The average Bonchev–Trinajstić information content (AvgIpc) is 3.25. The minimum Gasteiger partial charge on any atom is -0.496 e. The molecule has 1 fully saturated rings. The number of ether oxygens (including phenoxy) is 1. The maximum Gasteiger partial charge on any atom is 0.274 e. The van der Waals surface area contributed by atoms with Crippen LogP contribution in [0.4, 0.5) is 5.69 Å². The van der Waals surface area contributed by atoms with Crippen LogP contribution in [0.5, 0.6) is 5.75 Å². The second-order valence-corrected chi connectivity index (χ2v) is 8.58. The molecule has 4 rings (SSSR count). The van der Waals surface area contributed by atoms with Gasteiger partial charge in [0.15, 0.2) is 0 Å². The molecule has 0 saturated heterocycles. The summed E-state index contributed by atoms with van der Waals surface area (Å²) in [7, 11) is 5.14. The van der Waals surface area contributed by atoms with E-state index in [0.717, 1.165) is 49.7 Å². The van der Waals surface area contributed by atoms with Gasteiger partial charge in [0.1, 0.15) is 11.4 Å². The monoisotopic (exact) mass is 452 g/mol. The number of methoxy groups -OCH3 is 1. The Morgan fingerprint density at radius 1 is 1.21 bits per heavy atom. The first-order valence-corrected chi connectivity index (χ1v) is 11.4. The van der Waals surface area contributed by atoms with Crippen molar-refractivity contribution in [2.24, 2.45) is 7.05 Å². The third kappa shape index (κ3) is 5.09. The molecule has 0 aliphatic heterocycles. The fraction of sp³-hybridized carbons (Fsp3) is 0.458. The maximum atomic E-state index is 13.0. The molecule has 1 amide bonds. The number of carbonyl (C=O) groups is 1. The first kappa shape index (κ1) is 23.0. The average molecular weight is 453 g/mol. The highest BCUT2D eigenvalue weighted by molar-refractivity contribution is 6.08. The highest BCUT2D eigenvalue weighted by Crippen LogP contribution is 2.31. The number of aryl methyl sites for hydroxylation is 1. The lowest BCUT2D eigenvalue weighted by Crippen LogP contribution is -2.37. The molecule has 1 aliphatic rings. The quantitative estimate of drug-likeness (QED) is 0.453. The number of nitrogens with one attached hydrogen (secondary N) is 3. The molecule has 2 aromatic heterocycles. The van der Waals surface area contributed by atoms with Gasteiger partial charge in [0.2, 0.25) is 0 Å². The zero-order chi connectivity index (χ0) is 23.4. The van der Waals surface area contributed by atoms with Gasteiger partial charge in [-0.2, -0.15) is 5.10 Å². The van der Waals surface area contributed by atoms with E-state index in [1.54, 1.807) is 37.5 Å². The molecule has 3 N–H and O–H groups in total. The Morgan fingerprint density at radius 3 is 2.73 bits per heavy atom. The smallest absolute Gasteiger partial charge is 0.274 e. The fourth-order valence-electron chi connectivity index (χ4n) is 4.43. The number of pyridine rings is 1. The SMILES string of the molecule is CNCCNC1CCC(n2cc3cc(C(=O)Nc4cccn(C)c4=O)c(OC)cc3n2)CC1. The number of benzene rings is 1. The molecule has 1 aromatic carbocycles. The normalized spacial score (nSPS) is 18.4. The molecule has 176 valence electrons. The summed E-state index contributed by atoms with van der Waals surface area (Å²) in [6.45, 7) is 1.96. The molecule has 0 atom stereocenters. The standard InChI is InChI=1S/C24H32N6O3/c1-25-10-11-26-17-6-8-18(9-7-17)30-15-16-13-19(22(33-3)14-21(16)28-30)23(31)27-20-5-4-12-29(2)24(20)32/h4-5,12-15,17-18,25-26H,6-11H2,1-3H3,(H,27,31). The van der Waals surface area contributed by atoms with Crippen LogP contribution in [0.25, 0.3) is 10.9 Å². The van der Waals surface area contributed by atoms with Gasteiger partial charge in [0, 0.05) is 50.0 Å². The van der Waals surface area contributed by atoms with E-state index >= 15 is 0 Å². The molecule has 0 unspecified atom stereocenters. The van der Waals surface area contributed by atoms with Gasteiger partial charge in [-0.15, -0.1) is 0 Å². The summed E-state index contributed by atoms with van der Waals surface area (Å²) in [5.74, 6) is 0.0356. The zero-order valence-corrected chi connectivity index (χ0v) is 19.4. The molecule has 0 bridgehead atoms. The summed E-state index contributed by atoms with van der Waals surface area (Å²) in [6.07, 6.45) is 8.01. The van der Waals surface area contributed by atoms with Crippen molar-refractivity contribution < 1.29 is 9.53 Å². The predicted molar refractivity (Wildman–Crippen MR) is 129 cm³/mol. The number of nitrogens with zero attached hydrogens (tertiary/aromatic N) is 3. The second kappa shape index (κ2) is 10.2. The molecule has 3 aromatic rings. The third-order valence-corrected chi connectivity index (χ3v) is 6.34. The van der Waals surface area contributed by atoms with Gasteiger partial charge in [-0.25, -0.2) is 0 Å². The molecule has 9 nitrogen and oxygen atoms in total. The summed E-state index contributed by atoms with van der Waals surface area (Å²) < 4.78 is 8.93. The fourth-order valence-corrected chi connectivity index (χ4v) is 4.43. The van der Waals surface area contributed by atoms with Crippen molar-refractivity contribution in [3.8, 4) is 5.75 Å². The summed E-state index contributed by atoms with van der Waals surface area (Å²) in [5.41, 5.74) is 1.11. The number of fused-ring (bicyclic) bond motifs is 1. The first-order chi connectivity index (χ1) is 16.0. The van der Waals surface area contributed by atoms with E-state index in [4.69, 9.17) is 9.84 Å². The van der Waals surface area contributed by atoms with Crippen LogP contribution in [0.15, 0.2) is 41.5 Å². The van der Waals surface area contributed by atoms with E-state index in [2.05, 4.69) is 16.0 Å². The van der Waals surface area contributed by atoms with Crippen molar-refractivity contribution in [1.82, 2.24) is 25.0 Å². The second-order valence-electron chi connectivity index (χ2n) is 8.58. The number of rotatable bonds is 8. The van der Waals surface area contributed by atoms with Crippen molar-refractivity contribution in [3.05, 3.63) is 52.6 Å². The van der Waals surface area contributed by atoms with Crippen LogP contribution >= 0.6 is 0 Å². The maximum absolute atomic E-state index is 13.0. The zero-order valence-electron chi connectivity index (χ0n) is 19.4. The van der Waals surface area contributed by atoms with Gasteiger partial charge in [-0.1, -0.05) is 0 Å². The number of likely N-dealkylation sites (N-methyl/N-ethyl adjacent to an activating group) is 1. The van der Waals surface area contributed by atoms with Crippen LogP contribution in [-0.4, -0.2) is 53.5 Å². The highest BCUT2D eigenvalue weighted by Gasteiger charge is 2.24. The van der Waals surface area contributed by atoms with E-state index in [1.807, 2.05) is 17.9 Å². The van der Waals surface area contributed by atoms with E-state index in [-0.39, 0.29) is 11.2 Å². The molecular formula is C24H32N6O3. The van der Waals surface area contributed by atoms with Crippen molar-refractivity contribution in [1.29, 1.82) is 0 Å². The van der Waals surface area contributed by atoms with Crippen molar-refractivity contribution >= 4 is 22.5 Å². The van der Waals surface area contributed by atoms with Gasteiger partial charge in [-0.3, -0.25) is 14.3 Å². The van der Waals surface area contributed by atoms with Crippen LogP contribution in [0, 0.1) is 0 Å². The molecule has 0 radical (unpaired) electrons. The molecule has 0 spiro atoms. The van der Waals surface area contributed by atoms with E-state index in [1.165, 1.54) is 11.7 Å². The molecule has 1 aliphatic carbocycles. The Bertz CT molecular complexity index is 1180. The minimum absolute atomic E-state index is 0.225. The lowest BCUT2D eigenvalue weighted by molar-refractivity contribution is 0.102. The van der Waals surface area contributed by atoms with Gasteiger partial charge in [0.25, 0.3) is 11.5 Å². The topological polar surface area (TPSA) is 102 Å². The van der Waals surface area contributed by atoms with Crippen molar-refractivity contribution in [3.63, 3.8) is 0 Å². The van der Waals surface area contributed by atoms with Crippen LogP contribution in [-0.2, 0) is 7.05 Å². The Morgan fingerprint density at radius 2 is 2.00 bits per heavy atom. The largest absolute Gasteiger partial charge is 0.496 e. The lowest BCUT2D eigenvalue weighted by atomic mass is 9.91. The van der Waals surface area contributed by atoms with Crippen molar-refractivity contribution in [2.45, 2.75) is 37.8 Å². The predicted octanol–water partition coefficient (Wildman–Crippen LogP) is 2.29. The first-order valence-electron chi connectivity index (χ1n) is 11.4. The number of carbonyl (C=O) groups excluding carboxylic acids is 1. The summed E-state index contributed by atoms with van der Waals surface area (Å²) in [5, 5.41) is 15.1. The van der Waals surface area contributed by atoms with Crippen LogP contribution in [0.2, 0.25) is 0 Å². The van der Waals surface area contributed by atoms with E-state index < -0.39 is 5.91 Å². The number of aromatic nitrogens is 3. The lowest BCUT2D eigenvalue weighted by Gasteiger charge is -2.29. The molecule has 1 saturated carbocycles. The van der Waals surface area contributed by atoms with Crippen molar-refractivity contribution in [2.75, 3.05) is 32.6 Å². The van der Waals surface area contributed by atoms with Crippen LogP contribution < -0.4 is 26.2 Å². The Labute approximate surface area is 193 Å². The van der Waals surface area contributed by atoms with E-state index in [0.29, 0.717) is 23.4 Å². The Kier molecular flexibility index (Phi) is 7.10. The summed E-state index contributed by atoms with van der Waals surface area (Å²) >= 11 is 0. The van der Waals surface area contributed by atoms with Gasteiger partial charge in [-0.05, 0) is 50.9 Å². The van der Waals surface area contributed by atoms with E-state index in [9.17, 15) is 9.59 Å². The van der Waals surface area contributed by atoms with Gasteiger partial charge >= 0.3 is 0 Å². The Hall–Kier alpha value is -3.17. The highest BCUT2D eigenvalue weighted by atomic mass is 16.5. The molecular weight excluding hydrogens is 420 g/mol. The van der Waals surface area contributed by atoms with Crippen LogP contribution in [0.1, 0.15) is 42.1 Å². The Balaban J connectivity index is 1.51. The summed E-state index contributed by atoms with van der Waals surface area (Å²) in [4.78, 5) is 25.2. The van der Waals surface area contributed by atoms with Gasteiger partial charge in [0.05, 0.1) is 24.2 Å². The minimum atomic E-state index is -0.391. The molecule has 9 heteroatoms. The number of amides is 1. The molecule has 2 heterocycles. The van der Waals surface area contributed by atoms with Crippen LogP contribution in [0.3, 0.4) is 0 Å². The molecule has 33 heavy (non-hydrogen) atoms. The number of hydrogen-bond acceptors (Lipinski definition) is 6. The van der Waals surface area contributed by atoms with Gasteiger partial charge < -0.3 is 25.3 Å².